The normalized spacial score (nSPS) is 15.7. The van der Waals surface area contributed by atoms with Crippen LogP contribution in [0.3, 0.4) is 0 Å². The Bertz CT molecular complexity index is 1700. The van der Waals surface area contributed by atoms with E-state index in [4.69, 9.17) is 18.6 Å². The van der Waals surface area contributed by atoms with E-state index in [2.05, 4.69) is 15.9 Å². The van der Waals surface area contributed by atoms with Gasteiger partial charge in [-0.25, -0.2) is 0 Å². The van der Waals surface area contributed by atoms with E-state index in [1.807, 2.05) is 57.3 Å². The van der Waals surface area contributed by atoms with Gasteiger partial charge in [0.25, 0.3) is 0 Å². The topological polar surface area (TPSA) is 84.6 Å². The minimum atomic E-state index is -0.287. The highest BCUT2D eigenvalue weighted by atomic mass is 32.2. The molecule has 3 heterocycles. The van der Waals surface area contributed by atoms with Gasteiger partial charge in [-0.05, 0) is 79.3 Å². The van der Waals surface area contributed by atoms with Crippen LogP contribution in [0.1, 0.15) is 64.5 Å². The number of phenols is 1. The molecule has 0 aliphatic carbocycles. The Morgan fingerprint density at radius 1 is 0.760 bits per heavy atom. The highest BCUT2D eigenvalue weighted by Gasteiger charge is 2.24. The van der Waals surface area contributed by atoms with Crippen molar-refractivity contribution in [1.82, 2.24) is 9.80 Å². The first-order chi connectivity index (χ1) is 24.3. The van der Waals surface area contributed by atoms with Crippen LogP contribution < -0.4 is 19.6 Å². The second-order valence-corrected chi connectivity index (χ2v) is 16.2. The van der Waals surface area contributed by atoms with E-state index in [0.29, 0.717) is 71.0 Å². The van der Waals surface area contributed by atoms with Crippen molar-refractivity contribution in [3.63, 3.8) is 0 Å². The van der Waals surface area contributed by atoms with Crippen molar-refractivity contribution < 1.29 is 23.7 Å². The molecule has 8 nitrogen and oxygen atoms in total. The van der Waals surface area contributed by atoms with Crippen LogP contribution >= 0.6 is 23.5 Å². The summed E-state index contributed by atoms with van der Waals surface area (Å²) in [4.78, 5) is 19.5. The first-order valence-electron chi connectivity index (χ1n) is 18.2. The molecule has 0 atom stereocenters. The number of aromatic hydroxyl groups is 1. The van der Waals surface area contributed by atoms with Gasteiger partial charge in [0.1, 0.15) is 28.1 Å². The molecule has 1 N–H and O–H groups in total. The minimum absolute atomic E-state index is 0.0868. The molecule has 10 heteroatoms. The summed E-state index contributed by atoms with van der Waals surface area (Å²) < 4.78 is 25.1. The van der Waals surface area contributed by atoms with Gasteiger partial charge in [0.15, 0.2) is 11.5 Å². The molecule has 2 aromatic carbocycles. The summed E-state index contributed by atoms with van der Waals surface area (Å²) in [5.74, 6) is 6.37. The van der Waals surface area contributed by atoms with Gasteiger partial charge >= 0.3 is 0 Å². The average molecular weight is 725 g/mol. The van der Waals surface area contributed by atoms with Gasteiger partial charge < -0.3 is 33.5 Å². The molecular weight excluding hydrogens is 669 g/mol. The van der Waals surface area contributed by atoms with E-state index in [0.717, 1.165) is 76.1 Å². The number of phenolic OH excluding ortho intramolecular Hbond substituents is 1. The molecule has 2 aliphatic rings. The van der Waals surface area contributed by atoms with Crippen molar-refractivity contribution in [3.8, 4) is 23.0 Å². The van der Waals surface area contributed by atoms with Gasteiger partial charge in [0, 0.05) is 72.5 Å². The van der Waals surface area contributed by atoms with Gasteiger partial charge in [-0.2, -0.15) is 23.5 Å². The van der Waals surface area contributed by atoms with E-state index in [9.17, 15) is 9.90 Å². The summed E-state index contributed by atoms with van der Waals surface area (Å²) in [5, 5.41) is 12.3. The number of allylic oxidation sites excluding steroid dienone is 4. The summed E-state index contributed by atoms with van der Waals surface area (Å²) >= 11 is 4.05. The van der Waals surface area contributed by atoms with Crippen LogP contribution in [0.5, 0.6) is 23.0 Å². The molecule has 0 saturated carbocycles. The smallest absolute Gasteiger partial charge is 0.204 e. The number of hydrogen-bond acceptors (Lipinski definition) is 10. The SMILES string of the molecule is COc1c(OCCCCN2CCSCC2)cc2oc3cc(OCCCCN4CCSCC4)c(CC=C(C)C)c(O)c3c(=O)c2c1CC=C(C)C. The third-order valence-corrected chi connectivity index (χ3v) is 11.3. The molecule has 1 aromatic heterocycles. The lowest BCUT2D eigenvalue weighted by Crippen LogP contribution is -2.33. The Hall–Kier alpha value is -2.79. The summed E-state index contributed by atoms with van der Waals surface area (Å²) in [7, 11) is 1.61. The van der Waals surface area contributed by atoms with Crippen molar-refractivity contribution in [2.75, 3.05) is 82.6 Å². The lowest BCUT2D eigenvalue weighted by atomic mass is 9.98. The number of hydrogen-bond donors (Lipinski definition) is 1. The number of ether oxygens (including phenoxy) is 3. The lowest BCUT2D eigenvalue weighted by molar-refractivity contribution is 0.258. The predicted molar refractivity (Wildman–Crippen MR) is 211 cm³/mol. The number of fused-ring (bicyclic) bond motifs is 2. The minimum Gasteiger partial charge on any atom is -0.507 e. The first kappa shape index (κ1) is 38.4. The van der Waals surface area contributed by atoms with E-state index in [-0.39, 0.29) is 16.6 Å². The summed E-state index contributed by atoms with van der Waals surface area (Å²) in [6.07, 6.45) is 8.94. The number of benzene rings is 2. The molecule has 0 bridgehead atoms. The Morgan fingerprint density at radius 3 is 1.80 bits per heavy atom. The van der Waals surface area contributed by atoms with Crippen LogP contribution in [0.25, 0.3) is 21.9 Å². The molecule has 0 radical (unpaired) electrons. The van der Waals surface area contributed by atoms with Crippen molar-refractivity contribution in [2.24, 2.45) is 0 Å². The van der Waals surface area contributed by atoms with Crippen molar-refractivity contribution in [1.29, 1.82) is 0 Å². The maximum Gasteiger partial charge on any atom is 0.204 e. The second kappa shape index (κ2) is 19.2. The second-order valence-electron chi connectivity index (χ2n) is 13.8. The fourth-order valence-electron chi connectivity index (χ4n) is 6.56. The van der Waals surface area contributed by atoms with E-state index in [1.54, 1.807) is 19.2 Å². The number of thioether (sulfide) groups is 2. The van der Waals surface area contributed by atoms with Gasteiger partial charge in [0.05, 0.1) is 25.7 Å². The molecule has 0 spiro atoms. The maximum atomic E-state index is 14.4. The lowest BCUT2D eigenvalue weighted by Gasteiger charge is -2.26. The molecule has 50 heavy (non-hydrogen) atoms. The zero-order chi connectivity index (χ0) is 35.5. The molecule has 0 amide bonds. The summed E-state index contributed by atoms with van der Waals surface area (Å²) in [6, 6.07) is 3.56. The Morgan fingerprint density at radius 2 is 1.26 bits per heavy atom. The third-order valence-electron chi connectivity index (χ3n) is 9.40. The number of rotatable bonds is 17. The molecule has 5 rings (SSSR count). The van der Waals surface area contributed by atoms with Crippen molar-refractivity contribution >= 4 is 45.5 Å². The largest absolute Gasteiger partial charge is 0.507 e. The summed E-state index contributed by atoms with van der Waals surface area (Å²) in [6.45, 7) is 15.9. The molecule has 274 valence electrons. The number of methoxy groups -OCH3 is 1. The fraction of sp³-hybridized carbons (Fsp3) is 0.575. The molecule has 2 fully saturated rings. The Kier molecular flexibility index (Phi) is 14.7. The quantitative estimate of drug-likeness (QED) is 0.0838. The van der Waals surface area contributed by atoms with Crippen LogP contribution in [0.4, 0.5) is 0 Å². The van der Waals surface area contributed by atoms with Crippen LogP contribution in [-0.4, -0.2) is 97.5 Å². The highest BCUT2D eigenvalue weighted by Crippen LogP contribution is 2.42. The van der Waals surface area contributed by atoms with E-state index < -0.39 is 0 Å². The van der Waals surface area contributed by atoms with Gasteiger partial charge in [-0.1, -0.05) is 23.3 Å². The van der Waals surface area contributed by atoms with Crippen LogP contribution in [0.2, 0.25) is 0 Å². The highest BCUT2D eigenvalue weighted by molar-refractivity contribution is 7.99. The zero-order valence-corrected chi connectivity index (χ0v) is 32.4. The molecule has 0 unspecified atom stereocenters. The average Bonchev–Trinajstić information content (AvgIpc) is 3.10. The van der Waals surface area contributed by atoms with Crippen molar-refractivity contribution in [3.05, 3.63) is 56.8 Å². The Labute approximate surface area is 306 Å². The monoisotopic (exact) mass is 724 g/mol. The van der Waals surface area contributed by atoms with Crippen LogP contribution in [-0.2, 0) is 12.8 Å². The predicted octanol–water partition coefficient (Wildman–Crippen LogP) is 8.09. The third kappa shape index (κ3) is 10.2. The van der Waals surface area contributed by atoms with Gasteiger partial charge in [-0.15, -0.1) is 0 Å². The maximum absolute atomic E-state index is 14.4. The van der Waals surface area contributed by atoms with Gasteiger partial charge in [-0.3, -0.25) is 4.79 Å². The van der Waals surface area contributed by atoms with E-state index in [1.165, 1.54) is 23.0 Å². The van der Waals surface area contributed by atoms with Crippen LogP contribution in [0, 0.1) is 0 Å². The Balaban J connectivity index is 1.47. The van der Waals surface area contributed by atoms with Crippen molar-refractivity contribution in [2.45, 2.75) is 66.2 Å². The molecule has 2 aliphatic heterocycles. The summed E-state index contributed by atoms with van der Waals surface area (Å²) in [5.41, 5.74) is 3.95. The number of nitrogens with zero attached hydrogens (tertiary/aromatic N) is 2. The molecule has 2 saturated heterocycles. The van der Waals surface area contributed by atoms with Gasteiger partial charge in [0.2, 0.25) is 5.43 Å². The first-order valence-corrected chi connectivity index (χ1v) is 20.6. The van der Waals surface area contributed by atoms with Crippen LogP contribution in [0.15, 0.2) is 44.6 Å². The zero-order valence-electron chi connectivity index (χ0n) is 30.7. The molecule has 3 aromatic rings. The molecular formula is C40H56N2O6S2. The fourth-order valence-corrected chi connectivity index (χ4v) is 8.51. The standard InChI is InChI=1S/C40H56N2O6S2/c1-28(2)10-12-30-32(46-20-8-6-14-41-16-22-49-23-17-41)26-34-37(38(30)43)39(44)36-31(13-11-29(3)4)40(45-5)35(27-33(36)48-34)47-21-9-7-15-42-18-24-50-25-19-42/h10-11,26-27,43H,6-9,12-25H2,1-5H3. The van der Waals surface area contributed by atoms with E-state index >= 15 is 0 Å². The number of unbranched alkanes of at least 4 members (excludes halogenated alkanes) is 2.